The summed E-state index contributed by atoms with van der Waals surface area (Å²) in [6, 6.07) is 20.3. The van der Waals surface area contributed by atoms with Gasteiger partial charge in [0.2, 0.25) is 0 Å². The molecule has 1 aliphatic heterocycles. The van der Waals surface area contributed by atoms with Crippen molar-refractivity contribution in [2.75, 3.05) is 88.0 Å². The van der Waals surface area contributed by atoms with Gasteiger partial charge in [-0.2, -0.15) is 0 Å². The van der Waals surface area contributed by atoms with Crippen molar-refractivity contribution in [3.8, 4) is 11.5 Å². The summed E-state index contributed by atoms with van der Waals surface area (Å²) in [4.78, 5) is 32.8. The molecule has 10 nitrogen and oxygen atoms in total. The van der Waals surface area contributed by atoms with Gasteiger partial charge in [-0.3, -0.25) is 4.79 Å². The van der Waals surface area contributed by atoms with Gasteiger partial charge in [0.05, 0.1) is 31.2 Å². The zero-order chi connectivity index (χ0) is 29.2. The van der Waals surface area contributed by atoms with Crippen molar-refractivity contribution >= 4 is 34.7 Å². The van der Waals surface area contributed by atoms with Crippen LogP contribution in [0.5, 0.6) is 11.5 Å². The molecule has 1 heterocycles. The number of amides is 3. The quantitative estimate of drug-likeness (QED) is 0.300. The topological polar surface area (TPSA) is 98.4 Å². The first-order chi connectivity index (χ1) is 19.9. The summed E-state index contributed by atoms with van der Waals surface area (Å²) in [6.07, 6.45) is 0.838. The van der Waals surface area contributed by atoms with Crippen LogP contribution in [0.3, 0.4) is 0 Å². The fraction of sp³-hybridized carbons (Fsp3) is 0.355. The summed E-state index contributed by atoms with van der Waals surface area (Å²) in [7, 11) is 7.26. The van der Waals surface area contributed by atoms with Gasteiger partial charge in [0.15, 0.2) is 0 Å². The van der Waals surface area contributed by atoms with Gasteiger partial charge in [-0.1, -0.05) is 24.3 Å². The van der Waals surface area contributed by atoms with Crippen molar-refractivity contribution in [1.29, 1.82) is 0 Å². The van der Waals surface area contributed by atoms with Gasteiger partial charge in [-0.15, -0.1) is 0 Å². The maximum absolute atomic E-state index is 13.4. The van der Waals surface area contributed by atoms with Crippen molar-refractivity contribution in [2.24, 2.45) is 0 Å². The lowest BCUT2D eigenvalue weighted by molar-refractivity contribution is 0.0952. The predicted octanol–water partition coefficient (Wildman–Crippen LogP) is 4.36. The average molecular weight is 561 g/mol. The van der Waals surface area contributed by atoms with Gasteiger partial charge in [0.25, 0.3) is 5.91 Å². The summed E-state index contributed by atoms with van der Waals surface area (Å²) in [5, 5.41) is 8.72. The number of carbonyl (C=O) groups is 2. The molecule has 1 saturated heterocycles. The highest BCUT2D eigenvalue weighted by atomic mass is 16.5. The third kappa shape index (κ3) is 7.82. The third-order valence-electron chi connectivity index (χ3n) is 6.97. The Morgan fingerprint density at radius 1 is 0.805 bits per heavy atom. The van der Waals surface area contributed by atoms with E-state index in [2.05, 4.69) is 36.7 Å². The minimum atomic E-state index is -0.426. The average Bonchev–Trinajstić information content (AvgIpc) is 2.99. The first-order valence-electron chi connectivity index (χ1n) is 13.8. The molecule has 0 aliphatic carbocycles. The molecular formula is C31H40N6O4. The number of carbonyl (C=O) groups excluding carboxylic acids is 2. The van der Waals surface area contributed by atoms with E-state index >= 15 is 0 Å². The maximum atomic E-state index is 13.4. The molecule has 218 valence electrons. The number of hydrogen-bond acceptors (Lipinski definition) is 7. The molecule has 3 amide bonds. The number of anilines is 4. The highest BCUT2D eigenvalue weighted by Gasteiger charge is 2.24. The summed E-state index contributed by atoms with van der Waals surface area (Å²) >= 11 is 0. The number of nitrogens with one attached hydrogen (secondary N) is 3. The number of urea groups is 1. The monoisotopic (exact) mass is 560 g/mol. The lowest BCUT2D eigenvalue weighted by Gasteiger charge is -2.38. The minimum absolute atomic E-state index is 0.167. The number of nitrogens with zero attached hydrogens (tertiary/aromatic N) is 3. The number of rotatable bonds is 11. The van der Waals surface area contributed by atoms with Crippen molar-refractivity contribution in [3.63, 3.8) is 0 Å². The zero-order valence-electron chi connectivity index (χ0n) is 24.3. The standard InChI is InChI=1S/C31H40N6O4/c1-35(2)17-9-16-32-30(38)24-22-23(33-31(39)34-25-10-5-7-12-28(25)40-3)14-15-26(24)36-18-20-37(21-19-36)27-11-6-8-13-29(27)41-4/h5-8,10-15,22H,9,16-21H2,1-4H3,(H,32,38)(H2,33,34,39). The second kappa shape index (κ2) is 14.3. The smallest absolute Gasteiger partial charge is 0.323 e. The van der Waals surface area contributed by atoms with Crippen LogP contribution in [0, 0.1) is 0 Å². The van der Waals surface area contributed by atoms with E-state index in [1.807, 2.05) is 56.6 Å². The molecule has 3 aromatic rings. The Balaban J connectivity index is 1.50. The second-order valence-corrected chi connectivity index (χ2v) is 10.1. The third-order valence-corrected chi connectivity index (χ3v) is 6.97. The highest BCUT2D eigenvalue weighted by molar-refractivity contribution is 6.04. The Morgan fingerprint density at radius 3 is 2.12 bits per heavy atom. The van der Waals surface area contributed by atoms with E-state index in [1.165, 1.54) is 0 Å². The number of hydrogen-bond donors (Lipinski definition) is 3. The second-order valence-electron chi connectivity index (χ2n) is 10.1. The SMILES string of the molecule is COc1ccccc1NC(=O)Nc1ccc(N2CCN(c3ccccc3OC)CC2)c(C(=O)NCCCN(C)C)c1. The van der Waals surface area contributed by atoms with Crippen LogP contribution in [0.4, 0.5) is 27.5 Å². The van der Waals surface area contributed by atoms with Gasteiger partial charge >= 0.3 is 6.03 Å². The number of ether oxygens (including phenoxy) is 2. The molecule has 0 aromatic heterocycles. The predicted molar refractivity (Wildman–Crippen MR) is 165 cm³/mol. The molecule has 4 rings (SSSR count). The Hall–Kier alpha value is -4.44. The van der Waals surface area contributed by atoms with E-state index in [0.717, 1.165) is 56.3 Å². The summed E-state index contributed by atoms with van der Waals surface area (Å²) in [6.45, 7) is 4.48. The van der Waals surface area contributed by atoms with E-state index in [9.17, 15) is 9.59 Å². The molecule has 3 aromatic carbocycles. The van der Waals surface area contributed by atoms with Crippen molar-refractivity contribution in [3.05, 3.63) is 72.3 Å². The van der Waals surface area contributed by atoms with Crippen LogP contribution in [-0.4, -0.2) is 84.4 Å². The summed E-state index contributed by atoms with van der Waals surface area (Å²) in [5.41, 5.74) is 3.50. The van der Waals surface area contributed by atoms with Gasteiger partial charge < -0.3 is 40.1 Å². The molecule has 1 fully saturated rings. The lowest BCUT2D eigenvalue weighted by atomic mass is 10.1. The molecule has 0 unspecified atom stereocenters. The Labute approximate surface area is 242 Å². The first kappa shape index (κ1) is 29.5. The van der Waals surface area contributed by atoms with Crippen LogP contribution in [0.1, 0.15) is 16.8 Å². The molecule has 0 atom stereocenters. The largest absolute Gasteiger partial charge is 0.495 e. The molecule has 10 heteroatoms. The first-order valence-corrected chi connectivity index (χ1v) is 13.8. The molecule has 0 saturated carbocycles. The van der Waals surface area contributed by atoms with Crippen LogP contribution < -0.4 is 35.2 Å². The lowest BCUT2D eigenvalue weighted by Crippen LogP contribution is -2.47. The molecule has 41 heavy (non-hydrogen) atoms. The molecule has 0 spiro atoms. The molecule has 0 bridgehead atoms. The maximum Gasteiger partial charge on any atom is 0.323 e. The summed E-state index contributed by atoms with van der Waals surface area (Å²) in [5.74, 6) is 1.24. The summed E-state index contributed by atoms with van der Waals surface area (Å²) < 4.78 is 10.9. The molecule has 1 aliphatic rings. The van der Waals surface area contributed by atoms with E-state index in [-0.39, 0.29) is 5.91 Å². The number of para-hydroxylation sites is 4. The van der Waals surface area contributed by atoms with E-state index in [0.29, 0.717) is 29.2 Å². The van der Waals surface area contributed by atoms with Crippen LogP contribution in [0.25, 0.3) is 0 Å². The van der Waals surface area contributed by atoms with Crippen molar-refractivity contribution < 1.29 is 19.1 Å². The van der Waals surface area contributed by atoms with Crippen molar-refractivity contribution in [2.45, 2.75) is 6.42 Å². The molecule has 3 N–H and O–H groups in total. The van der Waals surface area contributed by atoms with Gasteiger partial charge in [-0.05, 0) is 69.5 Å². The van der Waals surface area contributed by atoms with Crippen LogP contribution in [0.2, 0.25) is 0 Å². The highest BCUT2D eigenvalue weighted by Crippen LogP contribution is 2.31. The number of piperazine rings is 1. The normalized spacial score (nSPS) is 13.1. The van der Waals surface area contributed by atoms with Crippen LogP contribution in [-0.2, 0) is 0 Å². The number of benzene rings is 3. The van der Waals surface area contributed by atoms with Gasteiger partial charge in [0.1, 0.15) is 11.5 Å². The zero-order valence-corrected chi connectivity index (χ0v) is 24.3. The van der Waals surface area contributed by atoms with E-state index < -0.39 is 6.03 Å². The fourth-order valence-electron chi connectivity index (χ4n) is 4.88. The fourth-order valence-corrected chi connectivity index (χ4v) is 4.88. The van der Waals surface area contributed by atoms with Crippen LogP contribution >= 0.6 is 0 Å². The van der Waals surface area contributed by atoms with Gasteiger partial charge in [0, 0.05) is 44.1 Å². The van der Waals surface area contributed by atoms with Gasteiger partial charge in [-0.25, -0.2) is 4.79 Å². The molecule has 0 radical (unpaired) electrons. The molecular weight excluding hydrogens is 520 g/mol. The van der Waals surface area contributed by atoms with Crippen molar-refractivity contribution in [1.82, 2.24) is 10.2 Å². The Kier molecular flexibility index (Phi) is 10.3. The Bertz CT molecular complexity index is 1320. The number of methoxy groups -OCH3 is 2. The minimum Gasteiger partial charge on any atom is -0.495 e. The van der Waals surface area contributed by atoms with Crippen LogP contribution in [0.15, 0.2) is 66.7 Å². The van der Waals surface area contributed by atoms with E-state index in [4.69, 9.17) is 9.47 Å². The Morgan fingerprint density at radius 2 is 1.44 bits per heavy atom. The van der Waals surface area contributed by atoms with E-state index in [1.54, 1.807) is 32.4 Å².